The first kappa shape index (κ1) is 49.9. The molecule has 68 heavy (non-hydrogen) atoms. The van der Waals surface area contributed by atoms with Crippen LogP contribution < -0.4 is 0 Å². The second-order valence-corrected chi connectivity index (χ2v) is 18.1. The van der Waals surface area contributed by atoms with Crippen LogP contribution in [0.4, 0.5) is 0 Å². The zero-order valence-electron chi connectivity index (χ0n) is 41.9. The fraction of sp³-hybridized carbons (Fsp3) is 0.147. The Bertz CT molecular complexity index is 2960. The van der Waals surface area contributed by atoms with E-state index in [0.717, 1.165) is 0 Å². The van der Waals surface area contributed by atoms with Crippen molar-refractivity contribution in [1.82, 2.24) is 0 Å². The molecule has 0 N–H and O–H groups in total. The third-order valence-corrected chi connectivity index (χ3v) is 12.1. The average molecular weight is 885 g/mol. The van der Waals surface area contributed by atoms with Crippen molar-refractivity contribution in [3.05, 3.63) is 286 Å². The molecule has 0 radical (unpaired) electrons. The first-order valence-corrected chi connectivity index (χ1v) is 23.8. The van der Waals surface area contributed by atoms with Crippen molar-refractivity contribution in [3.8, 4) is 44.5 Å². The molecule has 340 valence electrons. The van der Waals surface area contributed by atoms with Gasteiger partial charge in [-0.3, -0.25) is 0 Å². The van der Waals surface area contributed by atoms with Gasteiger partial charge in [0.15, 0.2) is 0 Å². The maximum atomic E-state index is 2.22. The quantitative estimate of drug-likeness (QED) is 0.165. The second kappa shape index (κ2) is 24.8. The van der Waals surface area contributed by atoms with E-state index in [1.807, 2.05) is 0 Å². The maximum Gasteiger partial charge on any atom is -0.0152 e. The normalized spacial score (nSPS) is 10.2. The molecule has 0 heterocycles. The van der Waals surface area contributed by atoms with E-state index in [0.29, 0.717) is 0 Å². The van der Waals surface area contributed by atoms with Gasteiger partial charge in [0.1, 0.15) is 0 Å². The smallest absolute Gasteiger partial charge is 0.0152 e. The minimum atomic E-state index is 1.29. The van der Waals surface area contributed by atoms with Crippen LogP contribution in [0.1, 0.15) is 55.6 Å². The van der Waals surface area contributed by atoms with Gasteiger partial charge in [-0.15, -0.1) is 0 Å². The number of aryl methyl sites for hydroxylation is 10. The molecule has 10 aromatic rings. The molecule has 0 unspecified atom stereocenters. The second-order valence-electron chi connectivity index (χ2n) is 18.1. The Morgan fingerprint density at radius 3 is 0.750 bits per heavy atom. The summed E-state index contributed by atoms with van der Waals surface area (Å²) in [5, 5.41) is 2.75. The highest BCUT2D eigenvalue weighted by atomic mass is 14.1. The Kier molecular flexibility index (Phi) is 18.2. The van der Waals surface area contributed by atoms with E-state index in [1.54, 1.807) is 0 Å². The molecule has 0 bridgehead atoms. The van der Waals surface area contributed by atoms with E-state index < -0.39 is 0 Å². The topological polar surface area (TPSA) is 0 Å². The third kappa shape index (κ3) is 14.7. The van der Waals surface area contributed by atoms with Crippen molar-refractivity contribution >= 4 is 10.8 Å². The van der Waals surface area contributed by atoms with E-state index in [-0.39, 0.29) is 0 Å². The number of fused-ring (bicyclic) bond motifs is 1. The molecule has 0 aliphatic carbocycles. The molecular weight excluding hydrogens is 817 g/mol. The molecule has 0 heteroatoms. The highest BCUT2D eigenvalue weighted by molar-refractivity contribution is 5.88. The first-order valence-electron chi connectivity index (χ1n) is 23.8. The molecule has 10 aromatic carbocycles. The summed E-state index contributed by atoms with van der Waals surface area (Å²) >= 11 is 0. The van der Waals surface area contributed by atoms with E-state index in [9.17, 15) is 0 Å². The fourth-order valence-electron chi connectivity index (χ4n) is 8.09. The van der Waals surface area contributed by atoms with Gasteiger partial charge < -0.3 is 0 Å². The van der Waals surface area contributed by atoms with E-state index in [2.05, 4.69) is 300 Å². The maximum absolute atomic E-state index is 2.22. The molecule has 0 fully saturated rings. The van der Waals surface area contributed by atoms with Gasteiger partial charge in [0, 0.05) is 0 Å². The summed E-state index contributed by atoms with van der Waals surface area (Å²) in [6, 6.07) is 81.6. The number of benzene rings is 10. The van der Waals surface area contributed by atoms with Crippen LogP contribution in [0, 0.1) is 69.2 Å². The molecule has 0 saturated carbocycles. The summed E-state index contributed by atoms with van der Waals surface area (Å²) in [6.07, 6.45) is 0. The molecule has 0 amide bonds. The Hall–Kier alpha value is -7.54. The van der Waals surface area contributed by atoms with Gasteiger partial charge in [-0.05, 0) is 147 Å². The van der Waals surface area contributed by atoms with Crippen LogP contribution in [-0.4, -0.2) is 0 Å². The van der Waals surface area contributed by atoms with Crippen molar-refractivity contribution in [1.29, 1.82) is 0 Å². The fourth-order valence-corrected chi connectivity index (χ4v) is 8.09. The summed E-state index contributed by atoms with van der Waals surface area (Å²) in [7, 11) is 0. The number of rotatable bonds is 4. The molecule has 0 spiro atoms. The lowest BCUT2D eigenvalue weighted by Crippen LogP contribution is -1.85. The molecule has 0 atom stereocenters. The Morgan fingerprint density at radius 1 is 0.176 bits per heavy atom. The van der Waals surface area contributed by atoms with Gasteiger partial charge >= 0.3 is 0 Å². The highest BCUT2D eigenvalue weighted by Gasteiger charge is 2.03. The molecule has 0 saturated heterocycles. The van der Waals surface area contributed by atoms with E-state index >= 15 is 0 Å². The molecule has 0 aliphatic heterocycles. The van der Waals surface area contributed by atoms with Crippen LogP contribution in [0.2, 0.25) is 0 Å². The lowest BCUT2D eigenvalue weighted by molar-refractivity contribution is 1.41. The SMILES string of the molecule is Cc1ccc(-c2ccc(C)cc2)cc1.Cc1ccc(-c2cccc(C)c2)cc1.Cc1cccc(-c2cccc(C)c2)c1.Cc1cccc2c(C)cccc12.Cc1ccccc1-c1ccccc1C. The van der Waals surface area contributed by atoms with Crippen LogP contribution in [0.25, 0.3) is 55.3 Å². The van der Waals surface area contributed by atoms with Crippen LogP contribution >= 0.6 is 0 Å². The summed E-state index contributed by atoms with van der Waals surface area (Å²) in [5.74, 6) is 0. The monoisotopic (exact) mass is 885 g/mol. The average Bonchev–Trinajstić information content (AvgIpc) is 3.34. The lowest BCUT2D eigenvalue weighted by Gasteiger charge is -2.08. The summed E-state index contributed by atoms with van der Waals surface area (Å²) in [4.78, 5) is 0. The molecule has 0 aliphatic rings. The molecule has 0 aromatic heterocycles. The molecule has 0 nitrogen and oxygen atoms in total. The predicted octanol–water partition coefficient (Wildman–Crippen LogP) is 19.3. The highest BCUT2D eigenvalue weighted by Crippen LogP contribution is 2.27. The Balaban J connectivity index is 0.000000140. The summed E-state index contributed by atoms with van der Waals surface area (Å²) in [6.45, 7) is 21.3. The Morgan fingerprint density at radius 2 is 0.441 bits per heavy atom. The van der Waals surface area contributed by atoms with Gasteiger partial charge in [-0.2, -0.15) is 0 Å². The lowest BCUT2D eigenvalue weighted by atomic mass is 9.97. The van der Waals surface area contributed by atoms with Gasteiger partial charge in [0.2, 0.25) is 0 Å². The Labute approximate surface area is 408 Å². The number of hydrogen-bond donors (Lipinski definition) is 0. The van der Waals surface area contributed by atoms with Crippen molar-refractivity contribution in [2.24, 2.45) is 0 Å². The minimum absolute atomic E-state index is 1.29. The van der Waals surface area contributed by atoms with E-state index in [1.165, 1.54) is 111 Å². The van der Waals surface area contributed by atoms with Gasteiger partial charge in [-0.25, -0.2) is 0 Å². The standard InChI is InChI=1S/4C14H14.C12H12/c1-11-3-7-13(8-4-11)14-9-5-12(2)6-10-14;1-11-5-3-7-13(9-11)14-8-4-6-12(2)10-14;1-11-7-3-5-9-13(11)14-10-6-4-8-12(14)2;1-11-6-8-13(9-7-11)14-5-3-4-12(2)10-14;1-9-5-3-8-12-10(2)6-4-7-11(9)12/h4*3-10H,1-2H3;3-8H,1-2H3. The summed E-state index contributed by atoms with van der Waals surface area (Å²) in [5.41, 5.74) is 23.7. The zero-order valence-corrected chi connectivity index (χ0v) is 41.9. The summed E-state index contributed by atoms with van der Waals surface area (Å²) < 4.78 is 0. The zero-order chi connectivity index (χ0) is 48.4. The van der Waals surface area contributed by atoms with Crippen molar-refractivity contribution in [3.63, 3.8) is 0 Å². The third-order valence-electron chi connectivity index (χ3n) is 12.1. The van der Waals surface area contributed by atoms with Crippen molar-refractivity contribution < 1.29 is 0 Å². The van der Waals surface area contributed by atoms with Gasteiger partial charge in [-0.1, -0.05) is 264 Å². The first-order chi connectivity index (χ1) is 32.8. The molecule has 10 rings (SSSR count). The predicted molar refractivity (Wildman–Crippen MR) is 299 cm³/mol. The van der Waals surface area contributed by atoms with Crippen molar-refractivity contribution in [2.45, 2.75) is 69.2 Å². The van der Waals surface area contributed by atoms with Gasteiger partial charge in [0.05, 0.1) is 0 Å². The minimum Gasteiger partial charge on any atom is -0.0620 e. The van der Waals surface area contributed by atoms with Crippen molar-refractivity contribution in [2.75, 3.05) is 0 Å². The van der Waals surface area contributed by atoms with Crippen LogP contribution in [0.5, 0.6) is 0 Å². The molecular formula is C68H68. The van der Waals surface area contributed by atoms with Crippen LogP contribution in [0.3, 0.4) is 0 Å². The number of hydrogen-bond acceptors (Lipinski definition) is 0. The van der Waals surface area contributed by atoms with Gasteiger partial charge in [0.25, 0.3) is 0 Å². The largest absolute Gasteiger partial charge is 0.0620 e. The van der Waals surface area contributed by atoms with Crippen LogP contribution in [-0.2, 0) is 0 Å². The van der Waals surface area contributed by atoms with E-state index in [4.69, 9.17) is 0 Å². The van der Waals surface area contributed by atoms with Crippen LogP contribution in [0.15, 0.2) is 231 Å².